The van der Waals surface area contributed by atoms with E-state index in [1.54, 1.807) is 11.8 Å². The fraction of sp³-hybridized carbons (Fsp3) is 0.500. The van der Waals surface area contributed by atoms with E-state index in [0.29, 0.717) is 12.2 Å². The minimum atomic E-state index is -0.524. The zero-order valence-electron chi connectivity index (χ0n) is 13.0. The second kappa shape index (κ2) is 5.76. The van der Waals surface area contributed by atoms with Crippen molar-refractivity contribution < 1.29 is 14.3 Å². The third-order valence-electron chi connectivity index (χ3n) is 3.31. The number of ether oxygens (including phenoxy) is 1. The zero-order chi connectivity index (χ0) is 15.6. The molecule has 0 bridgehead atoms. The van der Waals surface area contributed by atoms with E-state index in [9.17, 15) is 9.59 Å². The van der Waals surface area contributed by atoms with Gasteiger partial charge in [0.25, 0.3) is 0 Å². The molecule has 0 spiro atoms. The van der Waals surface area contributed by atoms with Crippen LogP contribution in [0.4, 0.5) is 10.5 Å². The molecule has 0 radical (unpaired) electrons. The molecule has 2 rings (SSSR count). The summed E-state index contributed by atoms with van der Waals surface area (Å²) < 4.78 is 5.23. The number of nitrogens with one attached hydrogen (secondary N) is 1. The second-order valence-electron chi connectivity index (χ2n) is 6.30. The molecule has 0 aromatic heterocycles. The fourth-order valence-corrected chi connectivity index (χ4v) is 2.33. The van der Waals surface area contributed by atoms with Crippen molar-refractivity contribution in [2.24, 2.45) is 0 Å². The Hall–Kier alpha value is -2.04. The largest absolute Gasteiger partial charge is 0.444 e. The van der Waals surface area contributed by atoms with E-state index in [2.05, 4.69) is 5.32 Å². The lowest BCUT2D eigenvalue weighted by molar-refractivity contribution is -0.129. The quantitative estimate of drug-likeness (QED) is 0.865. The molecule has 0 unspecified atom stereocenters. The first kappa shape index (κ1) is 15.4. The van der Waals surface area contributed by atoms with Crippen molar-refractivity contribution in [2.75, 3.05) is 11.9 Å². The van der Waals surface area contributed by atoms with Gasteiger partial charge in [0.15, 0.2) is 0 Å². The number of fused-ring (bicyclic) bond motifs is 1. The second-order valence-corrected chi connectivity index (χ2v) is 6.30. The van der Waals surface area contributed by atoms with E-state index < -0.39 is 11.7 Å². The van der Waals surface area contributed by atoms with Gasteiger partial charge < -0.3 is 9.64 Å². The molecule has 5 nitrogen and oxygen atoms in total. The Morgan fingerprint density at radius 1 is 1.24 bits per heavy atom. The van der Waals surface area contributed by atoms with Crippen LogP contribution in [-0.4, -0.2) is 29.0 Å². The normalized spacial score (nSPS) is 14.4. The van der Waals surface area contributed by atoms with Crippen LogP contribution in [0.2, 0.25) is 0 Å². The predicted molar refractivity (Wildman–Crippen MR) is 81.1 cm³/mol. The number of anilines is 1. The lowest BCUT2D eigenvalue weighted by Gasteiger charge is -2.28. The molecule has 21 heavy (non-hydrogen) atoms. The average Bonchev–Trinajstić information content (AvgIpc) is 2.35. The van der Waals surface area contributed by atoms with Crippen molar-refractivity contribution >= 4 is 17.7 Å². The number of nitrogens with zero attached hydrogens (tertiary/aromatic N) is 1. The fourth-order valence-electron chi connectivity index (χ4n) is 2.33. The molecule has 0 fully saturated rings. The minimum Gasteiger partial charge on any atom is -0.444 e. The highest BCUT2D eigenvalue weighted by Crippen LogP contribution is 2.23. The Morgan fingerprint density at radius 3 is 2.57 bits per heavy atom. The first-order valence-corrected chi connectivity index (χ1v) is 7.12. The molecular weight excluding hydrogens is 268 g/mol. The van der Waals surface area contributed by atoms with E-state index in [4.69, 9.17) is 4.74 Å². The number of rotatable bonds is 1. The van der Waals surface area contributed by atoms with E-state index in [1.165, 1.54) is 5.56 Å². The van der Waals surface area contributed by atoms with E-state index in [0.717, 1.165) is 18.5 Å². The van der Waals surface area contributed by atoms with Gasteiger partial charge in [0.1, 0.15) is 5.60 Å². The summed E-state index contributed by atoms with van der Waals surface area (Å²) in [7, 11) is 0. The first-order valence-electron chi connectivity index (χ1n) is 7.12. The van der Waals surface area contributed by atoms with Crippen LogP contribution in [0.3, 0.4) is 0 Å². The molecule has 1 aliphatic heterocycles. The molecule has 1 aliphatic rings. The molecule has 114 valence electrons. The van der Waals surface area contributed by atoms with E-state index in [-0.39, 0.29) is 5.91 Å². The topological polar surface area (TPSA) is 58.6 Å². The lowest BCUT2D eigenvalue weighted by Crippen LogP contribution is -2.34. The Bertz CT molecular complexity index is 561. The molecular formula is C16H22N2O3. The third-order valence-corrected chi connectivity index (χ3v) is 3.31. The summed E-state index contributed by atoms with van der Waals surface area (Å²) >= 11 is 0. The van der Waals surface area contributed by atoms with Gasteiger partial charge >= 0.3 is 6.09 Å². The van der Waals surface area contributed by atoms with Gasteiger partial charge in [0.05, 0.1) is 0 Å². The van der Waals surface area contributed by atoms with Crippen molar-refractivity contribution in [3.8, 4) is 0 Å². The average molecular weight is 290 g/mol. The first-order chi connectivity index (χ1) is 9.74. The smallest absolute Gasteiger partial charge is 0.412 e. The Morgan fingerprint density at radius 2 is 1.95 bits per heavy atom. The Kier molecular flexibility index (Phi) is 4.21. The third kappa shape index (κ3) is 4.21. The summed E-state index contributed by atoms with van der Waals surface area (Å²) in [6.07, 6.45) is 0.378. The number of benzene rings is 1. The highest BCUT2D eigenvalue weighted by atomic mass is 16.6. The van der Waals surface area contributed by atoms with Crippen LogP contribution in [0.5, 0.6) is 0 Å². The van der Waals surface area contributed by atoms with Gasteiger partial charge in [-0.15, -0.1) is 0 Å². The maximum Gasteiger partial charge on any atom is 0.412 e. The molecule has 0 aliphatic carbocycles. The summed E-state index contributed by atoms with van der Waals surface area (Å²) in [5, 5.41) is 2.73. The Balaban J connectivity index is 2.09. The maximum absolute atomic E-state index is 11.8. The van der Waals surface area contributed by atoms with Gasteiger partial charge in [0, 0.05) is 25.7 Å². The van der Waals surface area contributed by atoms with Gasteiger partial charge in [-0.2, -0.15) is 0 Å². The van der Waals surface area contributed by atoms with E-state index in [1.807, 2.05) is 39.0 Å². The van der Waals surface area contributed by atoms with Gasteiger partial charge in [-0.1, -0.05) is 6.07 Å². The van der Waals surface area contributed by atoms with Crippen LogP contribution in [-0.2, 0) is 22.5 Å². The summed E-state index contributed by atoms with van der Waals surface area (Å²) in [5.41, 5.74) is 2.46. The monoisotopic (exact) mass is 290 g/mol. The van der Waals surface area contributed by atoms with Crippen LogP contribution in [0.15, 0.2) is 18.2 Å². The standard InChI is InChI=1S/C16H22N2O3/c1-11(19)18-8-7-12-5-6-14(9-13(12)10-18)17-15(20)21-16(2,3)4/h5-6,9H,7-8,10H2,1-4H3,(H,17,20). The van der Waals surface area contributed by atoms with Gasteiger partial charge in [-0.05, 0) is 50.5 Å². The molecule has 2 amide bonds. The molecule has 0 saturated heterocycles. The van der Waals surface area contributed by atoms with Crippen molar-refractivity contribution in [2.45, 2.75) is 46.3 Å². The molecule has 5 heteroatoms. The number of carbonyl (C=O) groups is 2. The number of hydrogen-bond donors (Lipinski definition) is 1. The summed E-state index contributed by atoms with van der Waals surface area (Å²) in [6, 6.07) is 5.78. The van der Waals surface area contributed by atoms with Gasteiger partial charge in [0.2, 0.25) is 5.91 Å². The highest BCUT2D eigenvalue weighted by molar-refractivity contribution is 5.85. The predicted octanol–water partition coefficient (Wildman–Crippen LogP) is 2.94. The zero-order valence-corrected chi connectivity index (χ0v) is 13.0. The van der Waals surface area contributed by atoms with Crippen molar-refractivity contribution in [3.63, 3.8) is 0 Å². The van der Waals surface area contributed by atoms with Crippen molar-refractivity contribution in [1.82, 2.24) is 4.90 Å². The van der Waals surface area contributed by atoms with Crippen molar-refractivity contribution in [1.29, 1.82) is 0 Å². The number of amides is 2. The molecule has 1 N–H and O–H groups in total. The van der Waals surface area contributed by atoms with Crippen LogP contribution < -0.4 is 5.32 Å². The minimum absolute atomic E-state index is 0.0751. The number of carbonyl (C=O) groups excluding carboxylic acids is 2. The number of hydrogen-bond acceptors (Lipinski definition) is 3. The van der Waals surface area contributed by atoms with Gasteiger partial charge in [-0.25, -0.2) is 4.79 Å². The highest BCUT2D eigenvalue weighted by Gasteiger charge is 2.20. The van der Waals surface area contributed by atoms with Crippen LogP contribution in [0, 0.1) is 0 Å². The van der Waals surface area contributed by atoms with Crippen molar-refractivity contribution in [3.05, 3.63) is 29.3 Å². The van der Waals surface area contributed by atoms with Crippen LogP contribution in [0.25, 0.3) is 0 Å². The summed E-state index contributed by atoms with van der Waals surface area (Å²) in [5.74, 6) is 0.0751. The molecule has 1 aromatic rings. The molecule has 0 saturated carbocycles. The maximum atomic E-state index is 11.8. The molecule has 1 heterocycles. The lowest BCUT2D eigenvalue weighted by atomic mass is 9.99. The SMILES string of the molecule is CC(=O)N1CCc2ccc(NC(=O)OC(C)(C)C)cc2C1. The summed E-state index contributed by atoms with van der Waals surface area (Å²) in [4.78, 5) is 25.0. The van der Waals surface area contributed by atoms with Crippen LogP contribution in [0.1, 0.15) is 38.8 Å². The van der Waals surface area contributed by atoms with Crippen LogP contribution >= 0.6 is 0 Å². The molecule has 0 atom stereocenters. The summed E-state index contributed by atoms with van der Waals surface area (Å²) in [6.45, 7) is 8.39. The molecule has 1 aromatic carbocycles. The van der Waals surface area contributed by atoms with E-state index >= 15 is 0 Å². The van der Waals surface area contributed by atoms with Gasteiger partial charge in [-0.3, -0.25) is 10.1 Å². The Labute approximate surface area is 125 Å².